The lowest BCUT2D eigenvalue weighted by Crippen LogP contribution is -2.51. The summed E-state index contributed by atoms with van der Waals surface area (Å²) < 4.78 is 56.0. The van der Waals surface area contributed by atoms with Gasteiger partial charge in [-0.2, -0.15) is 5.10 Å². The first-order valence-electron chi connectivity index (χ1n) is 6.81. The number of benzene rings is 1. The molecule has 1 aromatic carbocycles. The topological polar surface area (TPSA) is 64.0 Å². The molecule has 0 bridgehead atoms. The first-order chi connectivity index (χ1) is 10.3. The molecule has 0 atom stereocenters. The molecular weight excluding hydrogens is 312 g/mol. The van der Waals surface area contributed by atoms with E-state index in [4.69, 9.17) is 0 Å². The Hall–Kier alpha value is -1.80. The molecule has 118 valence electrons. The lowest BCUT2D eigenvalue weighted by molar-refractivity contribution is 0.217. The van der Waals surface area contributed by atoms with E-state index < -0.39 is 27.2 Å². The average molecular weight is 327 g/mol. The van der Waals surface area contributed by atoms with Crippen molar-refractivity contribution in [3.8, 4) is 0 Å². The van der Waals surface area contributed by atoms with Crippen LogP contribution in [0.25, 0.3) is 0 Å². The predicted octanol–water partition coefficient (Wildman–Crippen LogP) is 2.06. The van der Waals surface area contributed by atoms with Crippen LogP contribution in [0.15, 0.2) is 35.5 Å². The fourth-order valence-corrected chi connectivity index (χ4v) is 4.11. The number of hydrogen-bond acceptors (Lipinski definition) is 3. The molecule has 1 heterocycles. The van der Waals surface area contributed by atoms with Gasteiger partial charge in [-0.25, -0.2) is 21.9 Å². The number of nitrogens with zero attached hydrogens (tertiary/aromatic N) is 2. The van der Waals surface area contributed by atoms with E-state index in [9.17, 15) is 17.2 Å². The molecule has 1 N–H and O–H groups in total. The van der Waals surface area contributed by atoms with Gasteiger partial charge in [0.2, 0.25) is 10.0 Å². The van der Waals surface area contributed by atoms with Gasteiger partial charge in [0, 0.05) is 24.9 Å². The van der Waals surface area contributed by atoms with Crippen LogP contribution in [0, 0.1) is 11.6 Å². The molecule has 5 nitrogen and oxygen atoms in total. The molecule has 1 aromatic heterocycles. The van der Waals surface area contributed by atoms with E-state index in [0.29, 0.717) is 12.8 Å². The number of halogens is 2. The quantitative estimate of drug-likeness (QED) is 0.935. The zero-order valence-electron chi connectivity index (χ0n) is 11.9. The van der Waals surface area contributed by atoms with Gasteiger partial charge in [-0.1, -0.05) is 6.07 Å². The van der Waals surface area contributed by atoms with Gasteiger partial charge in [0.25, 0.3) is 0 Å². The van der Waals surface area contributed by atoms with Crippen LogP contribution in [0.1, 0.15) is 24.8 Å². The van der Waals surface area contributed by atoms with E-state index in [0.717, 1.165) is 18.6 Å². The Balaban J connectivity index is 1.97. The normalized spacial score (nSPS) is 17.2. The SMILES string of the molecule is Cn1cc(S(=O)(=O)NC2(c3ccc(F)cc3F)CCC2)cn1. The smallest absolute Gasteiger partial charge is 0.244 e. The molecule has 2 aromatic rings. The fourth-order valence-electron chi connectivity index (χ4n) is 2.69. The summed E-state index contributed by atoms with van der Waals surface area (Å²) >= 11 is 0. The minimum Gasteiger partial charge on any atom is -0.274 e. The van der Waals surface area contributed by atoms with Gasteiger partial charge in [-0.15, -0.1) is 0 Å². The zero-order chi connectivity index (χ0) is 16.0. The molecule has 8 heteroatoms. The number of aromatic nitrogens is 2. The largest absolute Gasteiger partial charge is 0.274 e. The minimum atomic E-state index is -3.83. The van der Waals surface area contributed by atoms with E-state index in [2.05, 4.69) is 9.82 Å². The summed E-state index contributed by atoms with van der Waals surface area (Å²) in [7, 11) is -2.22. The summed E-state index contributed by atoms with van der Waals surface area (Å²) in [5, 5.41) is 3.83. The van der Waals surface area contributed by atoms with Crippen LogP contribution in [0.3, 0.4) is 0 Å². The van der Waals surface area contributed by atoms with Gasteiger partial charge in [-0.05, 0) is 25.3 Å². The van der Waals surface area contributed by atoms with Crippen LogP contribution >= 0.6 is 0 Å². The van der Waals surface area contributed by atoms with Crippen LogP contribution in [-0.2, 0) is 22.6 Å². The van der Waals surface area contributed by atoms with Gasteiger partial charge in [-0.3, -0.25) is 4.68 Å². The first-order valence-corrected chi connectivity index (χ1v) is 8.29. The van der Waals surface area contributed by atoms with Gasteiger partial charge < -0.3 is 0 Å². The van der Waals surface area contributed by atoms with Crippen molar-refractivity contribution >= 4 is 10.0 Å². The zero-order valence-corrected chi connectivity index (χ0v) is 12.7. The van der Waals surface area contributed by atoms with E-state index in [1.165, 1.54) is 23.1 Å². The van der Waals surface area contributed by atoms with E-state index in [-0.39, 0.29) is 10.5 Å². The number of sulfonamides is 1. The molecule has 0 amide bonds. The molecule has 1 saturated carbocycles. The molecule has 0 spiro atoms. The Bertz CT molecular complexity index is 813. The third kappa shape index (κ3) is 2.52. The Morgan fingerprint density at radius 1 is 1.32 bits per heavy atom. The highest BCUT2D eigenvalue weighted by atomic mass is 32.2. The molecule has 3 rings (SSSR count). The van der Waals surface area contributed by atoms with Crippen molar-refractivity contribution in [1.29, 1.82) is 0 Å². The van der Waals surface area contributed by atoms with Crippen LogP contribution in [0.5, 0.6) is 0 Å². The van der Waals surface area contributed by atoms with Crippen LogP contribution < -0.4 is 4.72 Å². The van der Waals surface area contributed by atoms with Crippen molar-refractivity contribution in [3.05, 3.63) is 47.8 Å². The second-order valence-corrected chi connectivity index (χ2v) is 7.20. The standard InChI is InChI=1S/C14H15F2N3O2S/c1-19-9-11(8-17-19)22(20,21)18-14(5-2-6-14)12-4-3-10(15)7-13(12)16/h3-4,7-9,18H,2,5-6H2,1H3. The lowest BCUT2D eigenvalue weighted by atomic mass is 9.72. The Kier molecular flexibility index (Phi) is 3.53. The predicted molar refractivity (Wildman–Crippen MR) is 75.4 cm³/mol. The molecule has 0 aliphatic heterocycles. The third-order valence-electron chi connectivity index (χ3n) is 3.98. The van der Waals surface area contributed by atoms with Crippen molar-refractivity contribution in [2.75, 3.05) is 0 Å². The summed E-state index contributed by atoms with van der Waals surface area (Å²) in [5.74, 6) is -1.43. The molecule has 22 heavy (non-hydrogen) atoms. The lowest BCUT2D eigenvalue weighted by Gasteiger charge is -2.42. The maximum atomic E-state index is 14.1. The van der Waals surface area contributed by atoms with Crippen LogP contribution in [-0.4, -0.2) is 18.2 Å². The Labute approximate surface area is 127 Å². The summed E-state index contributed by atoms with van der Waals surface area (Å²) in [6.45, 7) is 0. The highest BCUT2D eigenvalue weighted by molar-refractivity contribution is 7.89. The summed E-state index contributed by atoms with van der Waals surface area (Å²) in [4.78, 5) is 0.0174. The molecule has 1 aliphatic rings. The van der Waals surface area contributed by atoms with Crippen LogP contribution in [0.2, 0.25) is 0 Å². The molecule has 0 radical (unpaired) electrons. The van der Waals surface area contributed by atoms with Gasteiger partial charge in [0.05, 0.1) is 11.7 Å². The van der Waals surface area contributed by atoms with Gasteiger partial charge in [0.15, 0.2) is 0 Å². The second-order valence-electron chi connectivity index (χ2n) is 5.52. The van der Waals surface area contributed by atoms with Gasteiger partial charge >= 0.3 is 0 Å². The second kappa shape index (κ2) is 5.13. The van der Waals surface area contributed by atoms with Crippen molar-refractivity contribution in [2.45, 2.75) is 29.7 Å². The highest BCUT2D eigenvalue weighted by Gasteiger charge is 2.44. The third-order valence-corrected chi connectivity index (χ3v) is 5.47. The number of nitrogens with one attached hydrogen (secondary N) is 1. The molecule has 1 aliphatic carbocycles. The average Bonchev–Trinajstić information content (AvgIpc) is 2.82. The molecule has 0 unspecified atom stereocenters. The van der Waals surface area contributed by atoms with Crippen molar-refractivity contribution in [1.82, 2.24) is 14.5 Å². The molecular formula is C14H15F2N3O2S. The molecule has 1 fully saturated rings. The van der Waals surface area contributed by atoms with Crippen molar-refractivity contribution < 1.29 is 17.2 Å². The summed E-state index contributed by atoms with van der Waals surface area (Å²) in [5.41, 5.74) is -0.848. The maximum Gasteiger partial charge on any atom is 0.244 e. The summed E-state index contributed by atoms with van der Waals surface area (Å²) in [6, 6.07) is 3.21. The van der Waals surface area contributed by atoms with Crippen LogP contribution in [0.4, 0.5) is 8.78 Å². The fraction of sp³-hybridized carbons (Fsp3) is 0.357. The highest BCUT2D eigenvalue weighted by Crippen LogP contribution is 2.43. The van der Waals surface area contributed by atoms with Crippen molar-refractivity contribution in [2.24, 2.45) is 7.05 Å². The van der Waals surface area contributed by atoms with E-state index in [1.54, 1.807) is 7.05 Å². The Morgan fingerprint density at radius 3 is 2.55 bits per heavy atom. The first kappa shape index (κ1) is 15.1. The van der Waals surface area contributed by atoms with E-state index >= 15 is 0 Å². The molecule has 0 saturated heterocycles. The number of hydrogen-bond donors (Lipinski definition) is 1. The number of aryl methyl sites for hydroxylation is 1. The van der Waals surface area contributed by atoms with E-state index in [1.807, 2.05) is 0 Å². The monoisotopic (exact) mass is 327 g/mol. The summed E-state index contributed by atoms with van der Waals surface area (Å²) in [6.07, 6.45) is 4.31. The van der Waals surface area contributed by atoms with Crippen molar-refractivity contribution in [3.63, 3.8) is 0 Å². The van der Waals surface area contributed by atoms with Gasteiger partial charge in [0.1, 0.15) is 16.5 Å². The number of rotatable bonds is 4. The Morgan fingerprint density at radius 2 is 2.05 bits per heavy atom. The minimum absolute atomic E-state index is 0.0174. The maximum absolute atomic E-state index is 14.1.